The van der Waals surface area contributed by atoms with Crippen LogP contribution in [0.15, 0.2) is 73.3 Å². The first-order valence-electron chi connectivity index (χ1n) is 10.7. The molecule has 0 unspecified atom stereocenters. The van der Waals surface area contributed by atoms with Crippen LogP contribution in [0.1, 0.15) is 11.3 Å². The van der Waals surface area contributed by atoms with E-state index >= 15 is 0 Å². The zero-order chi connectivity index (χ0) is 22.2. The summed E-state index contributed by atoms with van der Waals surface area (Å²) in [7, 11) is 0. The van der Waals surface area contributed by atoms with Crippen LogP contribution in [0.2, 0.25) is 0 Å². The highest BCUT2D eigenvalue weighted by Gasteiger charge is 2.13. The summed E-state index contributed by atoms with van der Waals surface area (Å²) in [6.07, 6.45) is 5.92. The van der Waals surface area contributed by atoms with Crippen molar-refractivity contribution >= 4 is 54.0 Å². The summed E-state index contributed by atoms with van der Waals surface area (Å²) in [5.74, 6) is 0.779. The Kier molecular flexibility index (Phi) is 4.93. The number of benzene rings is 2. The second-order valence-electron chi connectivity index (χ2n) is 7.83. The van der Waals surface area contributed by atoms with Crippen LogP contribution >= 0.6 is 11.3 Å². The highest BCUT2D eigenvalue weighted by molar-refractivity contribution is 7.25. The van der Waals surface area contributed by atoms with Crippen molar-refractivity contribution < 1.29 is 5.11 Å². The van der Waals surface area contributed by atoms with E-state index in [1.165, 1.54) is 0 Å². The van der Waals surface area contributed by atoms with Crippen molar-refractivity contribution in [2.24, 2.45) is 0 Å². The third-order valence-electron chi connectivity index (χ3n) is 5.68. The molecule has 0 bridgehead atoms. The number of rotatable bonds is 6. The molecule has 0 amide bonds. The second kappa shape index (κ2) is 8.23. The molecule has 0 saturated heterocycles. The molecular formula is C25H20N6OS. The lowest BCUT2D eigenvalue weighted by atomic mass is 10.1. The van der Waals surface area contributed by atoms with Crippen LogP contribution in [0, 0.1) is 0 Å². The lowest BCUT2D eigenvalue weighted by Gasteiger charge is -2.08. The van der Waals surface area contributed by atoms with Crippen molar-refractivity contribution in [1.29, 1.82) is 0 Å². The van der Waals surface area contributed by atoms with E-state index in [0.29, 0.717) is 13.0 Å². The van der Waals surface area contributed by atoms with Crippen LogP contribution in [0.4, 0.5) is 11.5 Å². The maximum atomic E-state index is 9.25. The van der Waals surface area contributed by atoms with E-state index in [4.69, 9.17) is 0 Å². The number of aliphatic hydroxyl groups is 1. The predicted octanol–water partition coefficient (Wildman–Crippen LogP) is 4.92. The van der Waals surface area contributed by atoms with Gasteiger partial charge in [0.05, 0.1) is 29.3 Å². The first kappa shape index (κ1) is 19.8. The second-order valence-corrected chi connectivity index (χ2v) is 8.86. The molecule has 0 aliphatic heterocycles. The predicted molar refractivity (Wildman–Crippen MR) is 132 cm³/mol. The Balaban J connectivity index is 1.35. The van der Waals surface area contributed by atoms with Gasteiger partial charge < -0.3 is 10.4 Å². The average molecular weight is 453 g/mol. The van der Waals surface area contributed by atoms with E-state index in [2.05, 4.69) is 55.7 Å². The van der Waals surface area contributed by atoms with Gasteiger partial charge in [-0.1, -0.05) is 18.2 Å². The third-order valence-corrected chi connectivity index (χ3v) is 6.74. The van der Waals surface area contributed by atoms with Crippen LogP contribution in [0.25, 0.3) is 31.2 Å². The lowest BCUT2D eigenvalue weighted by molar-refractivity contribution is 0.299. The van der Waals surface area contributed by atoms with Gasteiger partial charge in [-0.3, -0.25) is 9.67 Å². The maximum absolute atomic E-state index is 9.25. The van der Waals surface area contributed by atoms with Crippen LogP contribution < -0.4 is 5.32 Å². The Morgan fingerprint density at radius 1 is 1.00 bits per heavy atom. The molecule has 7 nitrogen and oxygen atoms in total. The highest BCUT2D eigenvalue weighted by Crippen LogP contribution is 2.37. The molecule has 0 aliphatic rings. The average Bonchev–Trinajstić information content (AvgIpc) is 3.41. The Morgan fingerprint density at radius 2 is 1.97 bits per heavy atom. The van der Waals surface area contributed by atoms with Gasteiger partial charge in [-0.15, -0.1) is 11.3 Å². The molecule has 33 heavy (non-hydrogen) atoms. The van der Waals surface area contributed by atoms with E-state index in [0.717, 1.165) is 54.0 Å². The van der Waals surface area contributed by atoms with Gasteiger partial charge in [0, 0.05) is 34.0 Å². The molecule has 0 atom stereocenters. The standard InChI is InChI=1S/C25H20N6OS/c32-10-8-16-4-6-20-22(11-16)33-25-23(20)24(27-15-28-25)30-18-5-7-21-17(12-18)13-29-31(21)14-19-3-1-2-9-26-19/h1-7,9,11-13,15,32H,8,10,14H2,(H,27,28,30). The number of thiophene rings is 1. The first-order valence-corrected chi connectivity index (χ1v) is 11.5. The highest BCUT2D eigenvalue weighted by atomic mass is 32.1. The topological polar surface area (TPSA) is 88.8 Å². The van der Waals surface area contributed by atoms with Crippen molar-refractivity contribution in [1.82, 2.24) is 24.7 Å². The van der Waals surface area contributed by atoms with Gasteiger partial charge >= 0.3 is 0 Å². The lowest BCUT2D eigenvalue weighted by Crippen LogP contribution is -2.02. The number of fused-ring (bicyclic) bond motifs is 4. The van der Waals surface area contributed by atoms with Crippen molar-refractivity contribution in [3.63, 3.8) is 0 Å². The van der Waals surface area contributed by atoms with Crippen LogP contribution in [-0.2, 0) is 13.0 Å². The largest absolute Gasteiger partial charge is 0.396 e. The molecule has 0 radical (unpaired) electrons. The molecule has 6 aromatic rings. The van der Waals surface area contributed by atoms with E-state index < -0.39 is 0 Å². The fraction of sp³-hybridized carbons (Fsp3) is 0.120. The van der Waals surface area contributed by atoms with Gasteiger partial charge in [-0.2, -0.15) is 5.10 Å². The Hall–Kier alpha value is -3.88. The van der Waals surface area contributed by atoms with E-state index in [9.17, 15) is 5.11 Å². The molecule has 0 aliphatic carbocycles. The zero-order valence-corrected chi connectivity index (χ0v) is 18.5. The SMILES string of the molecule is OCCc1ccc2c(c1)sc1ncnc(Nc3ccc4c(cnn4Cc4ccccn4)c3)c12. The molecule has 0 saturated carbocycles. The van der Waals surface area contributed by atoms with Crippen molar-refractivity contribution in [2.75, 3.05) is 11.9 Å². The molecule has 162 valence electrons. The number of nitrogens with zero attached hydrogens (tertiary/aromatic N) is 5. The van der Waals surface area contributed by atoms with Crippen molar-refractivity contribution in [3.05, 3.63) is 84.6 Å². The van der Waals surface area contributed by atoms with Crippen LogP contribution in [-0.4, -0.2) is 36.4 Å². The number of aliphatic hydroxyl groups excluding tert-OH is 1. The van der Waals surface area contributed by atoms with Crippen LogP contribution in [0.5, 0.6) is 0 Å². The summed E-state index contributed by atoms with van der Waals surface area (Å²) in [6.45, 7) is 0.771. The molecule has 0 spiro atoms. The van der Waals surface area contributed by atoms with Gasteiger partial charge in [0.2, 0.25) is 0 Å². The molecule has 6 rings (SSSR count). The van der Waals surface area contributed by atoms with E-state index in [1.54, 1.807) is 23.9 Å². The minimum absolute atomic E-state index is 0.143. The van der Waals surface area contributed by atoms with Gasteiger partial charge in [0.1, 0.15) is 17.0 Å². The number of pyridine rings is 1. The molecule has 8 heteroatoms. The number of hydrogen-bond donors (Lipinski definition) is 2. The summed E-state index contributed by atoms with van der Waals surface area (Å²) < 4.78 is 3.10. The summed E-state index contributed by atoms with van der Waals surface area (Å²) in [5, 5.41) is 20.5. The summed E-state index contributed by atoms with van der Waals surface area (Å²) >= 11 is 1.64. The van der Waals surface area contributed by atoms with Gasteiger partial charge in [-0.25, -0.2) is 9.97 Å². The number of anilines is 2. The molecule has 2 N–H and O–H groups in total. The maximum Gasteiger partial charge on any atom is 0.143 e. The van der Waals surface area contributed by atoms with Gasteiger partial charge in [0.25, 0.3) is 0 Å². The fourth-order valence-electron chi connectivity index (χ4n) is 4.10. The summed E-state index contributed by atoms with van der Waals surface area (Å²) in [5.41, 5.74) is 4.08. The summed E-state index contributed by atoms with van der Waals surface area (Å²) in [6, 6.07) is 18.4. The molecule has 4 aromatic heterocycles. The van der Waals surface area contributed by atoms with E-state index in [-0.39, 0.29) is 6.61 Å². The minimum atomic E-state index is 0.143. The molecule has 2 aromatic carbocycles. The third kappa shape index (κ3) is 3.69. The Labute approximate surface area is 193 Å². The Bertz CT molecular complexity index is 1590. The Morgan fingerprint density at radius 3 is 2.85 bits per heavy atom. The number of nitrogens with one attached hydrogen (secondary N) is 1. The van der Waals surface area contributed by atoms with Crippen molar-refractivity contribution in [2.45, 2.75) is 13.0 Å². The molecule has 4 heterocycles. The smallest absolute Gasteiger partial charge is 0.143 e. The first-order chi connectivity index (χ1) is 16.3. The number of hydrogen-bond acceptors (Lipinski definition) is 7. The zero-order valence-electron chi connectivity index (χ0n) is 17.6. The minimum Gasteiger partial charge on any atom is -0.396 e. The quantitative estimate of drug-likeness (QED) is 0.373. The van der Waals surface area contributed by atoms with Crippen LogP contribution in [0.3, 0.4) is 0 Å². The van der Waals surface area contributed by atoms with E-state index in [1.807, 2.05) is 35.1 Å². The fourth-order valence-corrected chi connectivity index (χ4v) is 5.21. The molecule has 0 fully saturated rings. The van der Waals surface area contributed by atoms with Crippen molar-refractivity contribution in [3.8, 4) is 0 Å². The monoisotopic (exact) mass is 452 g/mol. The normalized spacial score (nSPS) is 11.5. The van der Waals surface area contributed by atoms with Gasteiger partial charge in [0.15, 0.2) is 0 Å². The van der Waals surface area contributed by atoms with Gasteiger partial charge in [-0.05, 0) is 48.4 Å². The summed E-state index contributed by atoms with van der Waals surface area (Å²) in [4.78, 5) is 14.4. The number of aromatic nitrogens is 5. The molecular weight excluding hydrogens is 432 g/mol.